The maximum Gasteiger partial charge on any atom is 0.376 e. The van der Waals surface area contributed by atoms with E-state index in [1.807, 2.05) is 16.9 Å². The lowest BCUT2D eigenvalue weighted by Crippen LogP contribution is -2.39. The Kier molecular flexibility index (Phi) is 2.93. The normalized spacial score (nSPS) is 16.9. The molecule has 3 rings (SSSR count). The Bertz CT molecular complexity index is 591. The summed E-state index contributed by atoms with van der Waals surface area (Å²) in [6, 6.07) is 3.80. The van der Waals surface area contributed by atoms with Crippen molar-refractivity contribution in [3.05, 3.63) is 36.2 Å². The molecule has 0 aromatic carbocycles. The van der Waals surface area contributed by atoms with E-state index in [4.69, 9.17) is 4.42 Å². The first kappa shape index (κ1) is 11.5. The molecule has 2 aromatic rings. The number of hydrogen-bond acceptors (Lipinski definition) is 4. The Morgan fingerprint density at radius 2 is 2.39 bits per heavy atom. The summed E-state index contributed by atoms with van der Waals surface area (Å²) in [5.74, 6) is 0. The van der Waals surface area contributed by atoms with Crippen molar-refractivity contribution >= 4 is 23.7 Å². The first-order valence-corrected chi connectivity index (χ1v) is 6.19. The zero-order valence-electron chi connectivity index (χ0n) is 10.3. The van der Waals surface area contributed by atoms with Crippen LogP contribution >= 0.6 is 0 Å². The van der Waals surface area contributed by atoms with Gasteiger partial charge in [-0.05, 0) is 37.5 Å². The van der Waals surface area contributed by atoms with Gasteiger partial charge in [0.25, 0.3) is 0 Å². The third-order valence-electron chi connectivity index (χ3n) is 3.44. The Morgan fingerprint density at radius 1 is 1.50 bits per heavy atom. The van der Waals surface area contributed by atoms with Gasteiger partial charge in [0.15, 0.2) is 5.58 Å². The molecule has 1 N–H and O–H groups in total. The molecule has 0 amide bonds. The van der Waals surface area contributed by atoms with Crippen LogP contribution in [0.5, 0.6) is 0 Å². The van der Waals surface area contributed by atoms with Crippen molar-refractivity contribution in [2.24, 2.45) is 0 Å². The van der Waals surface area contributed by atoms with Crippen molar-refractivity contribution in [2.45, 2.75) is 13.2 Å². The third-order valence-corrected chi connectivity index (χ3v) is 3.44. The quantitative estimate of drug-likeness (QED) is 0.818. The Morgan fingerprint density at radius 3 is 3.11 bits per heavy atom. The summed E-state index contributed by atoms with van der Waals surface area (Å²) in [4.78, 5) is 6.40. The third kappa shape index (κ3) is 1.96. The van der Waals surface area contributed by atoms with Gasteiger partial charge in [0, 0.05) is 18.3 Å². The van der Waals surface area contributed by atoms with Crippen molar-refractivity contribution in [1.29, 1.82) is 0 Å². The summed E-state index contributed by atoms with van der Waals surface area (Å²) in [6.07, 6.45) is 6.62. The van der Waals surface area contributed by atoms with E-state index in [9.17, 15) is 5.02 Å². The maximum atomic E-state index is 9.53. The van der Waals surface area contributed by atoms with Gasteiger partial charge in [0.2, 0.25) is 0 Å². The summed E-state index contributed by atoms with van der Waals surface area (Å²) in [5.41, 5.74) is 4.08. The van der Waals surface area contributed by atoms with Crippen LogP contribution in [-0.4, -0.2) is 35.0 Å². The fourth-order valence-electron chi connectivity index (χ4n) is 2.36. The molecule has 0 unspecified atom stereocenters. The molecule has 0 atom stereocenters. The molecule has 92 valence electrons. The minimum atomic E-state index is -0.387. The fraction of sp³-hybridized carbons (Fsp3) is 0.308. The molecule has 0 saturated heterocycles. The summed E-state index contributed by atoms with van der Waals surface area (Å²) < 4.78 is 5.51. The van der Waals surface area contributed by atoms with Gasteiger partial charge in [0.05, 0.1) is 0 Å². The second-order valence-corrected chi connectivity index (χ2v) is 4.61. The van der Waals surface area contributed by atoms with Gasteiger partial charge in [-0.3, -0.25) is 4.98 Å². The predicted molar refractivity (Wildman–Crippen MR) is 72.0 cm³/mol. The largest absolute Gasteiger partial charge is 0.462 e. The van der Waals surface area contributed by atoms with Crippen LogP contribution in [0.4, 0.5) is 0 Å². The number of hydrogen-bond donors (Lipinski definition) is 1. The van der Waals surface area contributed by atoms with Crippen LogP contribution in [-0.2, 0) is 0 Å². The highest BCUT2D eigenvalue weighted by molar-refractivity contribution is 6.45. The number of nitrogens with zero attached hydrogens (tertiary/aromatic N) is 2. The molecule has 0 bridgehead atoms. The fourth-order valence-corrected chi connectivity index (χ4v) is 2.36. The Hall–Kier alpha value is -1.59. The van der Waals surface area contributed by atoms with Gasteiger partial charge in [0.1, 0.15) is 11.8 Å². The van der Waals surface area contributed by atoms with Crippen molar-refractivity contribution in [2.75, 3.05) is 13.1 Å². The molecule has 0 saturated carbocycles. The average molecular weight is 242 g/mol. The molecule has 1 aliphatic heterocycles. The van der Waals surface area contributed by atoms with Gasteiger partial charge in [-0.2, -0.15) is 0 Å². The van der Waals surface area contributed by atoms with Gasteiger partial charge in [-0.25, -0.2) is 0 Å². The second kappa shape index (κ2) is 4.59. The van der Waals surface area contributed by atoms with Crippen LogP contribution in [0.3, 0.4) is 0 Å². The van der Waals surface area contributed by atoms with Crippen LogP contribution in [0.1, 0.15) is 12.0 Å². The monoisotopic (exact) mass is 242 g/mol. The van der Waals surface area contributed by atoms with Crippen LogP contribution < -0.4 is 0 Å². The highest BCUT2D eigenvalue weighted by Crippen LogP contribution is 2.29. The van der Waals surface area contributed by atoms with E-state index in [1.54, 1.807) is 19.3 Å². The summed E-state index contributed by atoms with van der Waals surface area (Å²) >= 11 is 0. The highest BCUT2D eigenvalue weighted by atomic mass is 16.3. The number of pyridine rings is 1. The van der Waals surface area contributed by atoms with E-state index in [0.717, 1.165) is 36.2 Å². The van der Waals surface area contributed by atoms with Gasteiger partial charge in [-0.15, -0.1) is 0 Å². The topological polar surface area (TPSA) is 49.5 Å². The Labute approximate surface area is 106 Å². The lowest BCUT2D eigenvalue weighted by molar-refractivity contribution is 0.392. The number of fused-ring (bicyclic) bond motifs is 1. The molecule has 0 spiro atoms. The van der Waals surface area contributed by atoms with E-state index in [0.29, 0.717) is 0 Å². The lowest BCUT2D eigenvalue weighted by Gasteiger charge is -2.26. The highest BCUT2D eigenvalue weighted by Gasteiger charge is 2.21. The zero-order valence-corrected chi connectivity index (χ0v) is 10.3. The van der Waals surface area contributed by atoms with Crippen LogP contribution in [0.25, 0.3) is 16.7 Å². The van der Waals surface area contributed by atoms with E-state index >= 15 is 0 Å². The molecular weight excluding hydrogens is 227 g/mol. The van der Waals surface area contributed by atoms with E-state index in [-0.39, 0.29) is 7.05 Å². The van der Waals surface area contributed by atoms with E-state index in [2.05, 4.69) is 11.1 Å². The number of rotatable bonds is 2. The maximum absolute atomic E-state index is 9.53. The molecule has 0 aliphatic carbocycles. The SMILES string of the molecule is CB(O)N1CC=C(c2coc3cccnc23)CC1. The molecule has 0 radical (unpaired) electrons. The standard InChI is InChI=1S/C13H15BN2O2/c1-14(17)16-7-4-10(5-8-16)11-9-18-12-3-2-6-15-13(11)12/h2-4,6,9,17H,5,7-8H2,1H3. The molecule has 3 heterocycles. The molecule has 5 heteroatoms. The van der Waals surface area contributed by atoms with Crippen LogP contribution in [0.2, 0.25) is 6.82 Å². The van der Waals surface area contributed by atoms with Crippen molar-refractivity contribution in [3.8, 4) is 0 Å². The molecule has 1 aliphatic rings. The minimum Gasteiger partial charge on any atom is -0.462 e. The van der Waals surface area contributed by atoms with Gasteiger partial charge in [-0.1, -0.05) is 6.08 Å². The van der Waals surface area contributed by atoms with Crippen molar-refractivity contribution in [1.82, 2.24) is 9.79 Å². The smallest absolute Gasteiger partial charge is 0.376 e. The van der Waals surface area contributed by atoms with Crippen molar-refractivity contribution < 1.29 is 9.44 Å². The molecular formula is C13H15BN2O2. The molecule has 18 heavy (non-hydrogen) atoms. The van der Waals surface area contributed by atoms with Crippen LogP contribution in [0.15, 0.2) is 35.1 Å². The summed E-state index contributed by atoms with van der Waals surface area (Å²) in [5, 5.41) is 9.53. The minimum absolute atomic E-state index is 0.387. The van der Waals surface area contributed by atoms with Gasteiger partial charge < -0.3 is 14.3 Å². The first-order chi connectivity index (χ1) is 8.75. The summed E-state index contributed by atoms with van der Waals surface area (Å²) in [6.45, 7) is 3.43. The predicted octanol–water partition coefficient (Wildman–Crippen LogP) is 2.03. The summed E-state index contributed by atoms with van der Waals surface area (Å²) in [7, 11) is -0.387. The second-order valence-electron chi connectivity index (χ2n) is 4.61. The lowest BCUT2D eigenvalue weighted by atomic mass is 9.82. The van der Waals surface area contributed by atoms with Crippen molar-refractivity contribution in [3.63, 3.8) is 0 Å². The van der Waals surface area contributed by atoms with E-state index < -0.39 is 0 Å². The Balaban J connectivity index is 1.92. The number of aromatic nitrogens is 1. The number of furan rings is 1. The van der Waals surface area contributed by atoms with Crippen LogP contribution in [0, 0.1) is 0 Å². The van der Waals surface area contributed by atoms with Gasteiger partial charge >= 0.3 is 7.05 Å². The molecule has 4 nitrogen and oxygen atoms in total. The first-order valence-electron chi connectivity index (χ1n) is 6.19. The molecule has 0 fully saturated rings. The molecule has 2 aromatic heterocycles. The average Bonchev–Trinajstić information content (AvgIpc) is 2.82. The van der Waals surface area contributed by atoms with E-state index in [1.165, 1.54) is 5.57 Å². The zero-order chi connectivity index (χ0) is 12.5.